The number of hydrogen-bond acceptors (Lipinski definition) is 4. The van der Waals surface area contributed by atoms with Crippen LogP contribution in [0.2, 0.25) is 0 Å². The van der Waals surface area contributed by atoms with Crippen molar-refractivity contribution in [1.29, 1.82) is 0 Å². The van der Waals surface area contributed by atoms with Crippen molar-refractivity contribution in [1.82, 2.24) is 9.97 Å². The first-order valence-corrected chi connectivity index (χ1v) is 5.62. The number of aromatic nitrogens is 2. The van der Waals surface area contributed by atoms with Gasteiger partial charge in [0, 0.05) is 31.0 Å². The Morgan fingerprint density at radius 1 is 1.18 bits per heavy atom. The summed E-state index contributed by atoms with van der Waals surface area (Å²) in [6.45, 7) is 3.33. The average molecular weight is 228 g/mol. The van der Waals surface area contributed by atoms with Gasteiger partial charge in [0.15, 0.2) is 0 Å². The summed E-state index contributed by atoms with van der Waals surface area (Å²) in [7, 11) is 0. The number of benzene rings is 1. The van der Waals surface area contributed by atoms with Gasteiger partial charge in [-0.25, -0.2) is 9.97 Å². The van der Waals surface area contributed by atoms with Crippen molar-refractivity contribution in [3.05, 3.63) is 42.2 Å². The van der Waals surface area contributed by atoms with Crippen molar-refractivity contribution in [3.63, 3.8) is 0 Å². The second kappa shape index (κ2) is 5.41. The van der Waals surface area contributed by atoms with Gasteiger partial charge in [-0.15, -0.1) is 0 Å². The van der Waals surface area contributed by atoms with E-state index in [2.05, 4.69) is 40.4 Å². The fourth-order valence-corrected chi connectivity index (χ4v) is 1.58. The molecule has 4 nitrogen and oxygen atoms in total. The van der Waals surface area contributed by atoms with Gasteiger partial charge in [-0.2, -0.15) is 0 Å². The van der Waals surface area contributed by atoms with Crippen LogP contribution in [0.5, 0.6) is 0 Å². The van der Waals surface area contributed by atoms with Gasteiger partial charge in [-0.1, -0.05) is 29.8 Å². The van der Waals surface area contributed by atoms with Crippen LogP contribution in [0.4, 0.5) is 5.95 Å². The first-order chi connectivity index (χ1) is 8.29. The van der Waals surface area contributed by atoms with Crippen molar-refractivity contribution in [2.75, 3.05) is 18.4 Å². The van der Waals surface area contributed by atoms with Crippen LogP contribution in [-0.2, 0) is 0 Å². The van der Waals surface area contributed by atoms with E-state index in [0.29, 0.717) is 19.0 Å². The molecule has 0 bridgehead atoms. The first kappa shape index (κ1) is 11.5. The minimum atomic E-state index is 0.572. The van der Waals surface area contributed by atoms with E-state index < -0.39 is 0 Å². The predicted octanol–water partition coefficient (Wildman–Crippen LogP) is 1.82. The first-order valence-electron chi connectivity index (χ1n) is 5.62. The molecular formula is C13H16N4. The molecule has 0 aliphatic carbocycles. The molecule has 88 valence electrons. The molecule has 3 N–H and O–H groups in total. The molecule has 0 saturated carbocycles. The Bertz CT molecular complexity index is 479. The van der Waals surface area contributed by atoms with Crippen molar-refractivity contribution in [2.24, 2.45) is 5.73 Å². The van der Waals surface area contributed by atoms with Gasteiger partial charge in [-0.3, -0.25) is 0 Å². The van der Waals surface area contributed by atoms with Crippen molar-refractivity contribution < 1.29 is 0 Å². The highest BCUT2D eigenvalue weighted by atomic mass is 15.1. The SMILES string of the molecule is Cc1cccc(-c2cnc(NCCN)nc2)c1. The molecule has 17 heavy (non-hydrogen) atoms. The summed E-state index contributed by atoms with van der Waals surface area (Å²) in [5.41, 5.74) is 8.78. The number of nitrogens with one attached hydrogen (secondary N) is 1. The van der Waals surface area contributed by atoms with Crippen molar-refractivity contribution in [3.8, 4) is 11.1 Å². The Morgan fingerprint density at radius 3 is 2.59 bits per heavy atom. The summed E-state index contributed by atoms with van der Waals surface area (Å²) in [6.07, 6.45) is 3.64. The normalized spacial score (nSPS) is 10.2. The van der Waals surface area contributed by atoms with Gasteiger partial charge < -0.3 is 11.1 Å². The second-order valence-corrected chi connectivity index (χ2v) is 3.88. The van der Waals surface area contributed by atoms with E-state index in [1.165, 1.54) is 5.56 Å². The fraction of sp³-hybridized carbons (Fsp3) is 0.231. The Hall–Kier alpha value is -1.94. The minimum absolute atomic E-state index is 0.572. The van der Waals surface area contributed by atoms with Gasteiger partial charge >= 0.3 is 0 Å². The highest BCUT2D eigenvalue weighted by Crippen LogP contribution is 2.18. The number of aryl methyl sites for hydroxylation is 1. The van der Waals surface area contributed by atoms with Crippen molar-refractivity contribution in [2.45, 2.75) is 6.92 Å². The van der Waals surface area contributed by atoms with Crippen LogP contribution in [0.1, 0.15) is 5.56 Å². The molecule has 0 amide bonds. The number of anilines is 1. The summed E-state index contributed by atoms with van der Waals surface area (Å²) >= 11 is 0. The van der Waals surface area contributed by atoms with Gasteiger partial charge in [0.1, 0.15) is 0 Å². The molecule has 0 atom stereocenters. The fourth-order valence-electron chi connectivity index (χ4n) is 1.58. The lowest BCUT2D eigenvalue weighted by Crippen LogP contribution is -2.14. The number of hydrogen-bond donors (Lipinski definition) is 2. The number of nitrogens with zero attached hydrogens (tertiary/aromatic N) is 2. The molecule has 0 aliphatic heterocycles. The molecule has 0 spiro atoms. The van der Waals surface area contributed by atoms with Crippen LogP contribution in [0.15, 0.2) is 36.7 Å². The Balaban J connectivity index is 2.17. The molecule has 0 radical (unpaired) electrons. The van der Waals surface area contributed by atoms with E-state index in [1.54, 1.807) is 0 Å². The van der Waals surface area contributed by atoms with Gasteiger partial charge in [0.25, 0.3) is 0 Å². The smallest absolute Gasteiger partial charge is 0.222 e. The molecule has 0 aliphatic rings. The van der Waals surface area contributed by atoms with E-state index in [1.807, 2.05) is 18.5 Å². The zero-order valence-corrected chi connectivity index (χ0v) is 9.85. The summed E-state index contributed by atoms with van der Waals surface area (Å²) in [5.74, 6) is 0.617. The summed E-state index contributed by atoms with van der Waals surface area (Å²) in [5, 5.41) is 3.04. The number of nitrogens with two attached hydrogens (primary N) is 1. The highest BCUT2D eigenvalue weighted by molar-refractivity contribution is 5.62. The minimum Gasteiger partial charge on any atom is -0.353 e. The van der Waals surface area contributed by atoms with E-state index in [9.17, 15) is 0 Å². The van der Waals surface area contributed by atoms with E-state index >= 15 is 0 Å². The largest absolute Gasteiger partial charge is 0.353 e. The predicted molar refractivity (Wildman–Crippen MR) is 69.7 cm³/mol. The van der Waals surface area contributed by atoms with E-state index in [4.69, 9.17) is 5.73 Å². The van der Waals surface area contributed by atoms with Crippen LogP contribution in [-0.4, -0.2) is 23.1 Å². The summed E-state index contributed by atoms with van der Waals surface area (Å²) < 4.78 is 0. The summed E-state index contributed by atoms with van der Waals surface area (Å²) in [4.78, 5) is 8.49. The van der Waals surface area contributed by atoms with Crippen molar-refractivity contribution >= 4 is 5.95 Å². The Kier molecular flexibility index (Phi) is 3.67. The molecule has 2 rings (SSSR count). The molecule has 1 aromatic carbocycles. The van der Waals surface area contributed by atoms with Crippen LogP contribution < -0.4 is 11.1 Å². The third-order valence-electron chi connectivity index (χ3n) is 2.43. The molecule has 0 unspecified atom stereocenters. The van der Waals surface area contributed by atoms with E-state index in [0.717, 1.165) is 11.1 Å². The van der Waals surface area contributed by atoms with Gasteiger partial charge in [0.05, 0.1) is 0 Å². The maximum atomic E-state index is 5.40. The van der Waals surface area contributed by atoms with Crippen LogP contribution >= 0.6 is 0 Å². The quantitative estimate of drug-likeness (QED) is 0.838. The van der Waals surface area contributed by atoms with Gasteiger partial charge in [0.2, 0.25) is 5.95 Å². The molecule has 2 aromatic rings. The molecular weight excluding hydrogens is 212 g/mol. The molecule has 4 heteroatoms. The lowest BCUT2D eigenvalue weighted by Gasteiger charge is -2.05. The monoisotopic (exact) mass is 228 g/mol. The maximum absolute atomic E-state index is 5.40. The van der Waals surface area contributed by atoms with Crippen LogP contribution in [0, 0.1) is 6.92 Å². The standard InChI is InChI=1S/C13H16N4/c1-10-3-2-4-11(7-10)12-8-16-13(17-9-12)15-6-5-14/h2-4,7-9H,5-6,14H2,1H3,(H,15,16,17). The molecule has 1 heterocycles. The zero-order chi connectivity index (χ0) is 12.1. The maximum Gasteiger partial charge on any atom is 0.222 e. The lowest BCUT2D eigenvalue weighted by atomic mass is 10.1. The van der Waals surface area contributed by atoms with Crippen LogP contribution in [0.25, 0.3) is 11.1 Å². The van der Waals surface area contributed by atoms with E-state index in [-0.39, 0.29) is 0 Å². The molecule has 0 fully saturated rings. The third kappa shape index (κ3) is 3.01. The van der Waals surface area contributed by atoms with Crippen LogP contribution in [0.3, 0.4) is 0 Å². The topological polar surface area (TPSA) is 63.8 Å². The molecule has 1 aromatic heterocycles. The second-order valence-electron chi connectivity index (χ2n) is 3.88. The number of rotatable bonds is 4. The zero-order valence-electron chi connectivity index (χ0n) is 9.85. The lowest BCUT2D eigenvalue weighted by molar-refractivity contribution is 0.990. The summed E-state index contributed by atoms with van der Waals surface area (Å²) in [6, 6.07) is 8.27. The van der Waals surface area contributed by atoms with Gasteiger partial charge in [-0.05, 0) is 12.5 Å². The Morgan fingerprint density at radius 2 is 1.94 bits per heavy atom. The third-order valence-corrected chi connectivity index (χ3v) is 2.43. The Labute approximate surface area is 101 Å². The average Bonchev–Trinajstić information content (AvgIpc) is 2.37. The highest BCUT2D eigenvalue weighted by Gasteiger charge is 2.00. The molecule has 0 saturated heterocycles.